The maximum absolute atomic E-state index is 12.8. The zero-order valence-electron chi connectivity index (χ0n) is 12.3. The summed E-state index contributed by atoms with van der Waals surface area (Å²) in [5, 5.41) is 4.11. The summed E-state index contributed by atoms with van der Waals surface area (Å²) in [6.07, 6.45) is 3.19. The Hall–Kier alpha value is -1.06. The first-order valence-corrected chi connectivity index (χ1v) is 7.72. The van der Waals surface area contributed by atoms with Crippen LogP contribution in [0.4, 0.5) is 0 Å². The van der Waals surface area contributed by atoms with Crippen LogP contribution in [0.2, 0.25) is 5.02 Å². The highest BCUT2D eigenvalue weighted by Gasteiger charge is 2.36. The lowest BCUT2D eigenvalue weighted by molar-refractivity contribution is -0.139. The molecule has 1 aromatic carbocycles. The Balaban J connectivity index is 2.09. The molecule has 0 aliphatic carbocycles. The predicted octanol–water partition coefficient (Wildman–Crippen LogP) is 3.22. The fourth-order valence-corrected chi connectivity index (χ4v) is 2.98. The second-order valence-electron chi connectivity index (χ2n) is 5.67. The Kier molecular flexibility index (Phi) is 5.06. The van der Waals surface area contributed by atoms with Gasteiger partial charge in [0.25, 0.3) is 0 Å². The molecule has 1 aliphatic rings. The van der Waals surface area contributed by atoms with Crippen molar-refractivity contribution >= 4 is 17.5 Å². The molecule has 1 aliphatic heterocycles. The number of likely N-dealkylation sites (N-methyl/N-ethyl adjacent to an activating group) is 1. The van der Waals surface area contributed by atoms with Gasteiger partial charge in [0.15, 0.2) is 0 Å². The van der Waals surface area contributed by atoms with E-state index in [9.17, 15) is 4.79 Å². The Morgan fingerprint density at radius 1 is 1.45 bits per heavy atom. The molecule has 1 aromatic rings. The number of halogens is 1. The van der Waals surface area contributed by atoms with Gasteiger partial charge in [-0.25, -0.2) is 0 Å². The molecule has 1 heterocycles. The van der Waals surface area contributed by atoms with Crippen LogP contribution in [-0.4, -0.2) is 29.4 Å². The standard InChI is InChI=1S/C16H23ClN2O/c1-3-19(12-13-7-6-8-14(17)11-13)15(20)16(2)9-4-5-10-18-16/h6-8,11,18H,3-5,9-10,12H2,1-2H3. The van der Waals surface area contributed by atoms with Crippen LogP contribution in [0.25, 0.3) is 0 Å². The number of hydrogen-bond acceptors (Lipinski definition) is 2. The fraction of sp³-hybridized carbons (Fsp3) is 0.562. The molecule has 1 fully saturated rings. The summed E-state index contributed by atoms with van der Waals surface area (Å²) in [6.45, 7) is 6.30. The van der Waals surface area contributed by atoms with E-state index in [4.69, 9.17) is 11.6 Å². The summed E-state index contributed by atoms with van der Waals surface area (Å²) in [6, 6.07) is 7.72. The van der Waals surface area contributed by atoms with Gasteiger partial charge in [-0.3, -0.25) is 4.79 Å². The molecule has 0 saturated carbocycles. The van der Waals surface area contributed by atoms with Crippen LogP contribution in [0.15, 0.2) is 24.3 Å². The molecule has 1 saturated heterocycles. The largest absolute Gasteiger partial charge is 0.337 e. The van der Waals surface area contributed by atoms with Crippen molar-refractivity contribution in [1.82, 2.24) is 10.2 Å². The minimum absolute atomic E-state index is 0.194. The maximum atomic E-state index is 12.8. The summed E-state index contributed by atoms with van der Waals surface area (Å²) < 4.78 is 0. The Labute approximate surface area is 126 Å². The minimum Gasteiger partial charge on any atom is -0.337 e. The Morgan fingerprint density at radius 3 is 2.85 bits per heavy atom. The number of nitrogens with one attached hydrogen (secondary N) is 1. The lowest BCUT2D eigenvalue weighted by Gasteiger charge is -2.37. The van der Waals surface area contributed by atoms with Crippen LogP contribution in [0.3, 0.4) is 0 Å². The summed E-state index contributed by atoms with van der Waals surface area (Å²) in [5.41, 5.74) is 0.666. The number of carbonyl (C=O) groups excluding carboxylic acids is 1. The molecule has 20 heavy (non-hydrogen) atoms. The monoisotopic (exact) mass is 294 g/mol. The molecule has 3 nitrogen and oxygen atoms in total. The van der Waals surface area contributed by atoms with Gasteiger partial charge in [0.2, 0.25) is 5.91 Å². The fourth-order valence-electron chi connectivity index (χ4n) is 2.77. The Morgan fingerprint density at radius 2 is 2.25 bits per heavy atom. The van der Waals surface area contributed by atoms with E-state index in [1.54, 1.807) is 0 Å². The van der Waals surface area contributed by atoms with Crippen LogP contribution in [0.5, 0.6) is 0 Å². The molecule has 1 atom stereocenters. The third kappa shape index (κ3) is 3.53. The number of benzene rings is 1. The van der Waals surface area contributed by atoms with Gasteiger partial charge in [0, 0.05) is 18.1 Å². The van der Waals surface area contributed by atoms with E-state index >= 15 is 0 Å². The van der Waals surface area contributed by atoms with Gasteiger partial charge >= 0.3 is 0 Å². The molecule has 1 unspecified atom stereocenters. The van der Waals surface area contributed by atoms with Gasteiger partial charge in [0.05, 0.1) is 5.54 Å². The van der Waals surface area contributed by atoms with Crippen molar-refractivity contribution in [3.05, 3.63) is 34.9 Å². The predicted molar refractivity (Wildman–Crippen MR) is 82.8 cm³/mol. The van der Waals surface area contributed by atoms with E-state index in [-0.39, 0.29) is 5.91 Å². The Bertz CT molecular complexity index is 469. The molecule has 0 aromatic heterocycles. The summed E-state index contributed by atoms with van der Waals surface area (Å²) in [7, 11) is 0. The van der Waals surface area contributed by atoms with Crippen LogP contribution < -0.4 is 5.32 Å². The van der Waals surface area contributed by atoms with Crippen molar-refractivity contribution in [2.75, 3.05) is 13.1 Å². The van der Waals surface area contributed by atoms with E-state index in [1.165, 1.54) is 0 Å². The van der Waals surface area contributed by atoms with Gasteiger partial charge in [-0.1, -0.05) is 23.7 Å². The minimum atomic E-state index is -0.410. The number of amides is 1. The smallest absolute Gasteiger partial charge is 0.242 e. The van der Waals surface area contributed by atoms with E-state index in [0.29, 0.717) is 18.1 Å². The first-order chi connectivity index (χ1) is 9.55. The third-order valence-corrected chi connectivity index (χ3v) is 4.26. The number of hydrogen-bond donors (Lipinski definition) is 1. The number of rotatable bonds is 4. The summed E-state index contributed by atoms with van der Waals surface area (Å²) >= 11 is 6.01. The number of piperidine rings is 1. The first kappa shape index (κ1) is 15.3. The van der Waals surface area contributed by atoms with Crippen LogP contribution in [-0.2, 0) is 11.3 Å². The number of carbonyl (C=O) groups is 1. The normalized spacial score (nSPS) is 22.6. The van der Waals surface area contributed by atoms with E-state index in [1.807, 2.05) is 43.0 Å². The lowest BCUT2D eigenvalue weighted by atomic mass is 9.89. The second-order valence-corrected chi connectivity index (χ2v) is 6.10. The van der Waals surface area contributed by atoms with Crippen molar-refractivity contribution in [3.8, 4) is 0 Å². The molecular formula is C16H23ClN2O. The quantitative estimate of drug-likeness (QED) is 0.925. The molecule has 1 amide bonds. The van der Waals surface area contributed by atoms with Gasteiger partial charge in [0.1, 0.15) is 0 Å². The van der Waals surface area contributed by atoms with Crippen molar-refractivity contribution < 1.29 is 4.79 Å². The summed E-state index contributed by atoms with van der Waals surface area (Å²) in [5.74, 6) is 0.194. The van der Waals surface area contributed by atoms with Gasteiger partial charge in [-0.2, -0.15) is 0 Å². The van der Waals surface area contributed by atoms with Crippen molar-refractivity contribution in [2.24, 2.45) is 0 Å². The van der Waals surface area contributed by atoms with Gasteiger partial charge < -0.3 is 10.2 Å². The van der Waals surface area contributed by atoms with Gasteiger partial charge in [-0.05, 0) is 57.4 Å². The maximum Gasteiger partial charge on any atom is 0.242 e. The van der Waals surface area contributed by atoms with E-state index < -0.39 is 5.54 Å². The lowest BCUT2D eigenvalue weighted by Crippen LogP contribution is -2.57. The molecule has 110 valence electrons. The molecule has 0 radical (unpaired) electrons. The highest BCUT2D eigenvalue weighted by atomic mass is 35.5. The zero-order chi connectivity index (χ0) is 14.6. The number of nitrogens with zero attached hydrogens (tertiary/aromatic N) is 1. The van der Waals surface area contributed by atoms with Crippen LogP contribution in [0, 0.1) is 0 Å². The van der Waals surface area contributed by atoms with Crippen molar-refractivity contribution in [1.29, 1.82) is 0 Å². The van der Waals surface area contributed by atoms with Crippen molar-refractivity contribution in [3.63, 3.8) is 0 Å². The van der Waals surface area contributed by atoms with E-state index in [2.05, 4.69) is 5.32 Å². The molecular weight excluding hydrogens is 272 g/mol. The molecule has 1 N–H and O–H groups in total. The average molecular weight is 295 g/mol. The zero-order valence-corrected chi connectivity index (χ0v) is 13.0. The average Bonchev–Trinajstić information content (AvgIpc) is 2.45. The van der Waals surface area contributed by atoms with Crippen LogP contribution in [0.1, 0.15) is 38.7 Å². The highest BCUT2D eigenvalue weighted by Crippen LogP contribution is 2.22. The van der Waals surface area contributed by atoms with Crippen LogP contribution >= 0.6 is 11.6 Å². The molecule has 2 rings (SSSR count). The second kappa shape index (κ2) is 6.59. The highest BCUT2D eigenvalue weighted by molar-refractivity contribution is 6.30. The molecule has 0 bridgehead atoms. The SMILES string of the molecule is CCN(Cc1cccc(Cl)c1)C(=O)C1(C)CCCCN1. The molecule has 4 heteroatoms. The van der Waals surface area contributed by atoms with E-state index in [0.717, 1.165) is 31.4 Å². The first-order valence-electron chi connectivity index (χ1n) is 7.34. The molecule has 0 spiro atoms. The third-order valence-electron chi connectivity index (χ3n) is 4.02. The van der Waals surface area contributed by atoms with Crippen molar-refractivity contribution in [2.45, 2.75) is 45.2 Å². The topological polar surface area (TPSA) is 32.3 Å². The van der Waals surface area contributed by atoms with Gasteiger partial charge in [-0.15, -0.1) is 0 Å². The summed E-state index contributed by atoms with van der Waals surface area (Å²) in [4.78, 5) is 14.7.